The summed E-state index contributed by atoms with van der Waals surface area (Å²) in [4.78, 5) is 25.3. The van der Waals surface area contributed by atoms with E-state index in [-0.39, 0.29) is 18.1 Å². The van der Waals surface area contributed by atoms with Crippen LogP contribution in [-0.4, -0.2) is 26.5 Å². The molecule has 2 aromatic carbocycles. The van der Waals surface area contributed by atoms with Crippen LogP contribution in [0.25, 0.3) is 11.0 Å². The number of benzene rings is 2. The van der Waals surface area contributed by atoms with Crippen molar-refractivity contribution in [3.63, 3.8) is 0 Å². The molecule has 3 aromatic rings. The van der Waals surface area contributed by atoms with Gasteiger partial charge in [0.15, 0.2) is 0 Å². The molecule has 5 nitrogen and oxygen atoms in total. The summed E-state index contributed by atoms with van der Waals surface area (Å²) >= 11 is 3.87. The summed E-state index contributed by atoms with van der Waals surface area (Å²) in [7, 11) is 0. The predicted octanol–water partition coefficient (Wildman–Crippen LogP) is 3.94. The quantitative estimate of drug-likeness (QED) is 0.706. The molecule has 2 heterocycles. The van der Waals surface area contributed by atoms with Crippen LogP contribution < -0.4 is 11.0 Å². The van der Waals surface area contributed by atoms with E-state index in [1.807, 2.05) is 72.9 Å². The Morgan fingerprint density at radius 1 is 1.07 bits per heavy atom. The van der Waals surface area contributed by atoms with Crippen LogP contribution >= 0.6 is 23.5 Å². The smallest absolute Gasteiger partial charge is 0.325 e. The minimum Gasteiger partial charge on any atom is -0.325 e. The summed E-state index contributed by atoms with van der Waals surface area (Å²) in [6, 6.07) is 15.6. The minimum atomic E-state index is -0.194. The van der Waals surface area contributed by atoms with Crippen molar-refractivity contribution in [3.8, 4) is 0 Å². The van der Waals surface area contributed by atoms with E-state index in [1.165, 1.54) is 5.56 Å². The highest BCUT2D eigenvalue weighted by molar-refractivity contribution is 8.19. The molecule has 0 aliphatic carbocycles. The van der Waals surface area contributed by atoms with Gasteiger partial charge in [0, 0.05) is 23.7 Å². The lowest BCUT2D eigenvalue weighted by Gasteiger charge is -2.11. The Morgan fingerprint density at radius 3 is 2.48 bits per heavy atom. The molecule has 0 spiro atoms. The van der Waals surface area contributed by atoms with E-state index in [0.717, 1.165) is 28.2 Å². The zero-order valence-electron chi connectivity index (χ0n) is 15.1. The number of carbonyl (C=O) groups excluding carboxylic acids is 1. The number of imidazole rings is 1. The lowest BCUT2D eigenvalue weighted by Crippen LogP contribution is -2.29. The maximum atomic E-state index is 12.7. The van der Waals surface area contributed by atoms with Crippen molar-refractivity contribution < 1.29 is 4.79 Å². The van der Waals surface area contributed by atoms with Crippen molar-refractivity contribution in [2.24, 2.45) is 0 Å². The molecule has 0 bridgehead atoms. The molecule has 7 heteroatoms. The first-order valence-corrected chi connectivity index (χ1v) is 11.1. The third kappa shape index (κ3) is 3.66. The maximum Gasteiger partial charge on any atom is 0.329 e. The van der Waals surface area contributed by atoms with E-state index < -0.39 is 0 Å². The average Bonchev–Trinajstić information content (AvgIpc) is 3.30. The molecule has 140 valence electrons. The molecular formula is C20H21N3O2S2. The Hall–Kier alpha value is -2.12. The number of thioether (sulfide) groups is 2. The standard InChI is InChI=1S/C20H21N3O2S2/c1-2-22-16-8-3-4-9-17(16)23(20(22)25)13-18(24)21-15-7-5-6-14(12-15)19-26-10-11-27-19/h3-9,12,19H,2,10-11,13H2,1H3,(H,21,24). The number of anilines is 1. The molecule has 1 fully saturated rings. The van der Waals surface area contributed by atoms with E-state index in [1.54, 1.807) is 9.13 Å². The largest absolute Gasteiger partial charge is 0.329 e. The second-order valence-corrected chi connectivity index (χ2v) is 9.07. The van der Waals surface area contributed by atoms with Crippen LogP contribution in [0, 0.1) is 0 Å². The molecule has 0 saturated carbocycles. The van der Waals surface area contributed by atoms with Crippen molar-refractivity contribution in [1.82, 2.24) is 9.13 Å². The topological polar surface area (TPSA) is 56.0 Å². The first-order chi connectivity index (χ1) is 13.2. The van der Waals surface area contributed by atoms with Crippen LogP contribution in [-0.2, 0) is 17.9 Å². The van der Waals surface area contributed by atoms with Crippen molar-refractivity contribution in [1.29, 1.82) is 0 Å². The molecule has 4 rings (SSSR count). The Bertz CT molecular complexity index is 1040. The van der Waals surface area contributed by atoms with Crippen LogP contribution in [0.1, 0.15) is 17.1 Å². The van der Waals surface area contributed by atoms with Crippen molar-refractivity contribution in [2.45, 2.75) is 24.6 Å². The van der Waals surface area contributed by atoms with Crippen LogP contribution in [0.3, 0.4) is 0 Å². The van der Waals surface area contributed by atoms with Gasteiger partial charge in [-0.25, -0.2) is 4.79 Å². The van der Waals surface area contributed by atoms with Gasteiger partial charge in [0.05, 0.1) is 15.6 Å². The minimum absolute atomic E-state index is 0.00348. The average molecular weight is 400 g/mol. The van der Waals surface area contributed by atoms with Gasteiger partial charge in [-0.15, -0.1) is 23.5 Å². The number of hydrogen-bond donors (Lipinski definition) is 1. The highest BCUT2D eigenvalue weighted by atomic mass is 32.2. The Labute approximate surface area is 166 Å². The lowest BCUT2D eigenvalue weighted by atomic mass is 10.2. The van der Waals surface area contributed by atoms with Gasteiger partial charge in [-0.05, 0) is 36.8 Å². The van der Waals surface area contributed by atoms with Gasteiger partial charge in [-0.3, -0.25) is 13.9 Å². The molecule has 1 aliphatic rings. The summed E-state index contributed by atoms with van der Waals surface area (Å²) in [5.74, 6) is 2.13. The molecule has 1 saturated heterocycles. The van der Waals surface area contributed by atoms with Gasteiger partial charge in [-0.1, -0.05) is 24.3 Å². The zero-order valence-corrected chi connectivity index (χ0v) is 16.7. The molecule has 1 N–H and O–H groups in total. The number of nitrogens with zero attached hydrogens (tertiary/aromatic N) is 2. The number of fused-ring (bicyclic) bond motifs is 1. The predicted molar refractivity (Wildman–Crippen MR) is 115 cm³/mol. The fourth-order valence-corrected chi connectivity index (χ4v) is 6.23. The summed E-state index contributed by atoms with van der Waals surface area (Å²) in [5.41, 5.74) is 3.49. The van der Waals surface area contributed by atoms with Crippen LogP contribution in [0.15, 0.2) is 53.3 Å². The van der Waals surface area contributed by atoms with Gasteiger partial charge in [0.2, 0.25) is 5.91 Å². The number of hydrogen-bond acceptors (Lipinski definition) is 4. The monoisotopic (exact) mass is 399 g/mol. The third-order valence-corrected chi connectivity index (χ3v) is 7.71. The lowest BCUT2D eigenvalue weighted by molar-refractivity contribution is -0.116. The molecule has 0 unspecified atom stereocenters. The highest BCUT2D eigenvalue weighted by Gasteiger charge is 2.19. The first kappa shape index (κ1) is 18.3. The van der Waals surface area contributed by atoms with Gasteiger partial charge >= 0.3 is 5.69 Å². The Morgan fingerprint density at radius 2 is 1.78 bits per heavy atom. The van der Waals surface area contributed by atoms with Gasteiger partial charge in [0.1, 0.15) is 6.54 Å². The van der Waals surface area contributed by atoms with Crippen LogP contribution in [0.4, 0.5) is 5.69 Å². The van der Waals surface area contributed by atoms with E-state index in [0.29, 0.717) is 11.1 Å². The molecule has 0 radical (unpaired) electrons. The van der Waals surface area contributed by atoms with E-state index >= 15 is 0 Å². The normalized spacial score (nSPS) is 14.7. The first-order valence-electron chi connectivity index (χ1n) is 8.98. The fourth-order valence-electron chi connectivity index (χ4n) is 3.39. The number of carbonyl (C=O) groups is 1. The highest BCUT2D eigenvalue weighted by Crippen LogP contribution is 2.45. The Kier molecular flexibility index (Phi) is 5.31. The van der Waals surface area contributed by atoms with Crippen molar-refractivity contribution >= 4 is 46.2 Å². The number of rotatable bonds is 5. The van der Waals surface area contributed by atoms with Crippen LogP contribution in [0.5, 0.6) is 0 Å². The molecular weight excluding hydrogens is 378 g/mol. The second-order valence-electron chi connectivity index (χ2n) is 6.35. The number of aromatic nitrogens is 2. The maximum absolute atomic E-state index is 12.7. The van der Waals surface area contributed by atoms with Gasteiger partial charge < -0.3 is 5.32 Å². The van der Waals surface area contributed by atoms with E-state index in [9.17, 15) is 9.59 Å². The summed E-state index contributed by atoms with van der Waals surface area (Å²) < 4.78 is 3.67. The SMILES string of the molecule is CCn1c(=O)n(CC(=O)Nc2cccc(C3SCCS3)c2)c2ccccc21. The molecule has 1 aliphatic heterocycles. The van der Waals surface area contributed by atoms with Gasteiger partial charge in [-0.2, -0.15) is 0 Å². The second kappa shape index (κ2) is 7.86. The molecule has 1 aromatic heterocycles. The number of aryl methyl sites for hydroxylation is 1. The van der Waals surface area contributed by atoms with Gasteiger partial charge in [0.25, 0.3) is 0 Å². The van der Waals surface area contributed by atoms with Crippen molar-refractivity contribution in [2.75, 3.05) is 16.8 Å². The third-order valence-electron chi connectivity index (χ3n) is 4.61. The fraction of sp³-hybridized carbons (Fsp3) is 0.300. The van der Waals surface area contributed by atoms with E-state index in [4.69, 9.17) is 0 Å². The van der Waals surface area contributed by atoms with E-state index in [2.05, 4.69) is 11.4 Å². The molecule has 1 amide bonds. The summed E-state index contributed by atoms with van der Waals surface area (Å²) in [6.45, 7) is 2.51. The zero-order chi connectivity index (χ0) is 18.8. The molecule has 0 atom stereocenters. The molecule has 27 heavy (non-hydrogen) atoms. The number of amides is 1. The number of nitrogens with one attached hydrogen (secondary N) is 1. The van der Waals surface area contributed by atoms with Crippen molar-refractivity contribution in [3.05, 3.63) is 64.6 Å². The number of para-hydroxylation sites is 2. The van der Waals surface area contributed by atoms with Crippen LogP contribution in [0.2, 0.25) is 0 Å². The summed E-state index contributed by atoms with van der Waals surface area (Å²) in [6.07, 6.45) is 0. The summed E-state index contributed by atoms with van der Waals surface area (Å²) in [5, 5.41) is 2.95. The Balaban J connectivity index is 1.55.